The second-order valence-corrected chi connectivity index (χ2v) is 33.3. The standard InChI is InChI=1S/C15H18BF4NO4.C15H8F7N5O2.C12H24B2O4.C9H6BrF4NO2.C6H2ClF3N4.C5H2BrF2N.C4H5F3O2.C3H4O2.5CH4/c1-12(2)13(3,4)25-16(24-12)9-5-10(17)11(21-6-9)23-14(7-22-8-14)15(18,19)20;16-8-1-7(2-24-11(8)29-13(5-28-6-13)15(20,21)22)9-4-27-10(3-23-9)25-26-12(27)14(17,18)19;1-9(2)10(3,4)16-13(15-9)14-17-11(5,6)12(7,8)18-14;10-5-1-6(11)7(15-2-5)17-8(3-16-4-8)9(12,13)14;7-3-2-14-4(1-11-3)12-13-5(14)6(8,9)10;6-3-1-4(7)5(8)9-2-3;5-4(6,7)3(8)1-9-2-3;4-3-1-5-2-3;;;;;/h5-6H,7-8H2,1-4H3;1-4H,5-6H2;1-8H3;1-2H,3-4H2;1-2H;1-2H;8H,1-2H2;1-2H2;5*1H4. The van der Waals surface area contributed by atoms with Crippen molar-refractivity contribution in [1.82, 2.24) is 59.1 Å². The number of pyridine rings is 4. The summed E-state index contributed by atoms with van der Waals surface area (Å²) < 4.78 is 367. The van der Waals surface area contributed by atoms with E-state index in [0.717, 1.165) is 65.8 Å². The molecule has 0 radical (unpaired) electrons. The van der Waals surface area contributed by atoms with Gasteiger partial charge in [0.1, 0.15) is 18.4 Å². The lowest BCUT2D eigenvalue weighted by atomic mass is 9.49. The normalized spacial score (nSPS) is 19.7. The third-order valence-corrected chi connectivity index (χ3v) is 21.1. The van der Waals surface area contributed by atoms with Crippen LogP contribution >= 0.6 is 43.5 Å². The van der Waals surface area contributed by atoms with E-state index in [1.54, 1.807) is 0 Å². The molecule has 8 aliphatic heterocycles. The number of nitrogens with zero attached hydrogens (tertiary/aromatic N) is 12. The molecule has 16 rings (SSSR count). The zero-order valence-corrected chi connectivity index (χ0v) is 70.9. The number of hydrogen-bond acceptors (Lipinski definition) is 26. The Bertz CT molecular complexity index is 5080. The van der Waals surface area contributed by atoms with Gasteiger partial charge in [0.25, 0.3) is 34.4 Å². The number of ketones is 1. The van der Waals surface area contributed by atoms with Crippen LogP contribution in [0.5, 0.6) is 17.6 Å². The van der Waals surface area contributed by atoms with Crippen LogP contribution in [-0.4, -0.2) is 238 Å². The lowest BCUT2D eigenvalue weighted by Crippen LogP contribution is -2.64. The van der Waals surface area contributed by atoms with Crippen LogP contribution in [-0.2, 0) is 68.8 Å². The first-order chi connectivity index (χ1) is 57.6. The van der Waals surface area contributed by atoms with Gasteiger partial charge in [0.2, 0.25) is 23.2 Å². The average Bonchev–Trinajstić information content (AvgIpc) is 0.976. The van der Waals surface area contributed by atoms with Crippen LogP contribution < -0.4 is 19.7 Å². The van der Waals surface area contributed by atoms with Gasteiger partial charge in [0.15, 0.2) is 40.3 Å². The quantitative estimate of drug-likeness (QED) is 0.0797. The number of carbonyl (C=O) groups is 1. The molecule has 8 fully saturated rings. The molecule has 0 bridgehead atoms. The lowest BCUT2D eigenvalue weighted by molar-refractivity contribution is -0.334. The van der Waals surface area contributed by atoms with Crippen molar-refractivity contribution in [3.05, 3.63) is 129 Å². The molecule has 0 atom stereocenters. The Kier molecular flexibility index (Phi) is 37.2. The number of Topliss-reactive ketones (excluding diaryl/α,β-unsaturated/α-hetero) is 1. The van der Waals surface area contributed by atoms with Crippen LogP contribution in [0.4, 0.5) is 101 Å². The molecule has 0 aliphatic carbocycles. The van der Waals surface area contributed by atoms with Crippen molar-refractivity contribution < 1.29 is 177 Å². The second kappa shape index (κ2) is 42.2. The van der Waals surface area contributed by atoms with E-state index in [0.29, 0.717) is 26.6 Å². The largest absolute Gasteiger partial charge is 0.496 e. The van der Waals surface area contributed by atoms with Crippen LogP contribution in [0, 0.1) is 29.2 Å². The highest BCUT2D eigenvalue weighted by Crippen LogP contribution is 2.47. The van der Waals surface area contributed by atoms with Crippen molar-refractivity contribution in [2.24, 2.45) is 0 Å². The summed E-state index contributed by atoms with van der Waals surface area (Å²) in [5, 5.41) is 21.1. The summed E-state index contributed by atoms with van der Waals surface area (Å²) >= 11 is 11.3. The van der Waals surface area contributed by atoms with E-state index in [2.05, 4.69) is 111 Å². The summed E-state index contributed by atoms with van der Waals surface area (Å²) in [6.45, 7) is 18.6. The summed E-state index contributed by atoms with van der Waals surface area (Å²) in [4.78, 5) is 31.0. The number of fused-ring (bicyclic) bond motifs is 2. The van der Waals surface area contributed by atoms with Gasteiger partial charge in [-0.05, 0) is 139 Å². The van der Waals surface area contributed by atoms with Crippen molar-refractivity contribution in [3.8, 4) is 28.9 Å². The highest BCUT2D eigenvalue weighted by atomic mass is 79.9. The minimum absolute atomic E-state index is 0. The number of alkyl halides is 18. The van der Waals surface area contributed by atoms with Crippen LogP contribution in [0.15, 0.2) is 82.8 Å². The van der Waals surface area contributed by atoms with Crippen molar-refractivity contribution in [2.75, 3.05) is 66.1 Å². The predicted molar refractivity (Wildman–Crippen MR) is 428 cm³/mol. The van der Waals surface area contributed by atoms with Gasteiger partial charge in [0.05, 0.1) is 105 Å². The highest BCUT2D eigenvalue weighted by Gasteiger charge is 2.68. The Morgan fingerprint density at radius 2 is 0.733 bits per heavy atom. The van der Waals surface area contributed by atoms with Gasteiger partial charge in [0, 0.05) is 57.2 Å². The monoisotopic (exact) mass is 2060 g/mol. The number of carbonyl (C=O) groups excluding carboxylic acids is 1. The summed E-state index contributed by atoms with van der Waals surface area (Å²) in [6.07, 6.45) is -19.5. The first-order valence-electron chi connectivity index (χ1n) is 36.0. The minimum Gasteiger partial charge on any atom is -0.454 e. The first kappa shape index (κ1) is 115. The van der Waals surface area contributed by atoms with Gasteiger partial charge in [-0.15, -0.1) is 20.4 Å². The molecule has 131 heavy (non-hydrogen) atoms. The summed E-state index contributed by atoms with van der Waals surface area (Å²) in [7, 11) is -1.82. The Balaban J connectivity index is 0.000000324. The Morgan fingerprint density at radius 3 is 1.02 bits per heavy atom. The van der Waals surface area contributed by atoms with E-state index in [4.69, 9.17) is 54.1 Å². The fourth-order valence-corrected chi connectivity index (χ4v) is 10.9. The van der Waals surface area contributed by atoms with E-state index < -0.39 is 203 Å². The van der Waals surface area contributed by atoms with Gasteiger partial charge in [-0.2, -0.15) is 83.4 Å². The van der Waals surface area contributed by atoms with E-state index in [-0.39, 0.29) is 98.5 Å². The highest BCUT2D eigenvalue weighted by molar-refractivity contribution is 9.10. The van der Waals surface area contributed by atoms with Gasteiger partial charge in [-0.3, -0.25) is 18.6 Å². The molecule has 732 valence electrons. The molecule has 57 heteroatoms. The van der Waals surface area contributed by atoms with Gasteiger partial charge < -0.3 is 70.9 Å². The summed E-state index contributed by atoms with van der Waals surface area (Å²) in [5.41, 5.74) is -13.2. The van der Waals surface area contributed by atoms with Crippen molar-refractivity contribution in [2.45, 2.75) is 213 Å². The molecule has 28 nitrogen and oxygen atoms in total. The SMILES string of the molecule is C.C.C.C.C.CC1(C)OB(B2OC(C)(C)C(C)(C)O2)OC1(C)C.CC1(C)OB(c2cnc(OC3(C(F)(F)F)COC3)c(F)c2)OC1(C)C.FC(F)(F)c1nnc2cnc(Cl)cn12.Fc1cc(-c2cn3c(C(F)(F)F)nnc3cn2)cnc1OC1(C(F)(F)F)COC1.Fc1cc(Br)cnc1F.Fc1cc(Br)cnc1OC1(C(F)(F)F)COC1.O=C1COC1.OC1(C(F)(F)F)COC1. The molecule has 8 aromatic heterocycles. The number of ether oxygens (including phenoxy) is 8. The molecular weight excluding hydrogens is 1980 g/mol. The number of aromatic nitrogens is 12. The van der Waals surface area contributed by atoms with Crippen LogP contribution in [0.2, 0.25) is 5.15 Å². The molecule has 8 aliphatic rings. The molecule has 0 spiro atoms. The van der Waals surface area contributed by atoms with Crippen molar-refractivity contribution in [1.29, 1.82) is 0 Å². The first-order valence-corrected chi connectivity index (χ1v) is 37.9. The molecule has 16 heterocycles. The van der Waals surface area contributed by atoms with Crippen LogP contribution in [0.25, 0.3) is 22.6 Å². The fourth-order valence-electron chi connectivity index (χ4n) is 10.2. The van der Waals surface area contributed by atoms with E-state index in [1.165, 1.54) is 12.4 Å². The summed E-state index contributed by atoms with van der Waals surface area (Å²) in [6, 6.07) is 3.75. The van der Waals surface area contributed by atoms with Crippen LogP contribution in [0.1, 0.15) is 132 Å². The van der Waals surface area contributed by atoms with Crippen molar-refractivity contribution in [3.63, 3.8) is 0 Å². The molecule has 0 aromatic carbocycles. The molecule has 1 N–H and O–H groups in total. The third-order valence-electron chi connectivity index (χ3n) is 20.0. The maximum atomic E-state index is 14.3. The Hall–Kier alpha value is -7.88. The fraction of sp³-hybridized carbons (Fsp3) is 0.581. The molecular formula is C74H89B3Br2ClF23N12O16. The van der Waals surface area contributed by atoms with E-state index in [9.17, 15) is 106 Å². The number of rotatable bonds is 9. The second-order valence-electron chi connectivity index (χ2n) is 31.1. The van der Waals surface area contributed by atoms with E-state index >= 15 is 0 Å². The van der Waals surface area contributed by atoms with Crippen molar-refractivity contribution >= 4 is 87.1 Å². The Labute approximate surface area is 756 Å². The molecule has 0 amide bonds. The number of hydrogen-bond donors (Lipinski definition) is 1. The molecule has 8 saturated heterocycles. The van der Waals surface area contributed by atoms with Gasteiger partial charge >= 0.3 is 58.2 Å². The molecule has 0 saturated carbocycles. The lowest BCUT2D eigenvalue weighted by Gasteiger charge is -2.41. The van der Waals surface area contributed by atoms with E-state index in [1.807, 2.05) is 83.1 Å². The smallest absolute Gasteiger partial charge is 0.454 e. The van der Waals surface area contributed by atoms with Crippen LogP contribution in [0.3, 0.4) is 0 Å². The maximum absolute atomic E-state index is 14.3. The topological polar surface area (TPSA) is 304 Å². The van der Waals surface area contributed by atoms with Gasteiger partial charge in [-0.1, -0.05) is 48.7 Å². The zero-order valence-electron chi connectivity index (χ0n) is 67.0. The third kappa shape index (κ3) is 26.4. The predicted octanol–water partition coefficient (Wildman–Crippen LogP) is 17.2. The Morgan fingerprint density at radius 1 is 0.405 bits per heavy atom. The molecule has 8 aromatic rings. The maximum Gasteiger partial charge on any atom is 0.496 e. The zero-order chi connectivity index (χ0) is 94.4. The number of aliphatic hydroxyl groups is 1. The molecule has 0 unspecified atom stereocenters. The average molecular weight is 2070 g/mol. The minimum atomic E-state index is -4.81. The summed E-state index contributed by atoms with van der Waals surface area (Å²) in [5.74, 6) is -9.81. The van der Waals surface area contributed by atoms with Gasteiger partial charge in [-0.25, -0.2) is 42.5 Å². The number of halogens is 26.